The van der Waals surface area contributed by atoms with Gasteiger partial charge < -0.3 is 25.2 Å². The van der Waals surface area contributed by atoms with Crippen molar-refractivity contribution >= 4 is 22.8 Å². The van der Waals surface area contributed by atoms with E-state index >= 15 is 0 Å². The number of carboxylic acid groups (broad SMARTS) is 1. The van der Waals surface area contributed by atoms with E-state index in [4.69, 9.17) is 15.2 Å². The number of rotatable bonds is 7. The Bertz CT molecular complexity index is 1280. The molecular weight excluding hydrogens is 450 g/mol. The Hall–Kier alpha value is -3.82. The number of piperidine rings is 1. The quantitative estimate of drug-likeness (QED) is 0.526. The molecule has 1 atom stereocenters. The maximum absolute atomic E-state index is 12.3. The van der Waals surface area contributed by atoms with Crippen LogP contribution in [0.4, 0.5) is 4.79 Å². The predicted octanol–water partition coefficient (Wildman–Crippen LogP) is 3.84. The number of ether oxygens (including phenoxy) is 2. The molecule has 0 radical (unpaired) electrons. The van der Waals surface area contributed by atoms with Crippen molar-refractivity contribution in [3.05, 3.63) is 36.3 Å². The molecule has 2 aliphatic rings. The molecule has 1 aliphatic heterocycles. The van der Waals surface area contributed by atoms with E-state index in [0.717, 1.165) is 35.8 Å². The number of amides is 2. The molecule has 35 heavy (non-hydrogen) atoms. The molecule has 3 heterocycles. The molecule has 1 saturated heterocycles. The summed E-state index contributed by atoms with van der Waals surface area (Å²) in [5.74, 6) is 0.124. The SMILES string of the molecule is CC(C)Oc1cc2c(O[C@@H]3CCCN(C(=O)O)C3)ncc(-c3cnn(C4CC4)c3)c2cc1C(N)=O. The zero-order valence-corrected chi connectivity index (χ0v) is 19.8. The van der Waals surface area contributed by atoms with Crippen molar-refractivity contribution in [1.29, 1.82) is 0 Å². The molecule has 0 unspecified atom stereocenters. The molecule has 1 saturated carbocycles. The standard InChI is InChI=1S/C25H29N5O5/c1-14(2)34-22-9-19-18(8-20(22)23(26)31)21(15-10-28-30(12-15)16-5-6-16)11-27-24(19)35-17-4-3-7-29(13-17)25(32)33/h8-12,14,16-17H,3-7,13H2,1-2H3,(H2,26,31)(H,32,33)/t17-/m1/s1. The van der Waals surface area contributed by atoms with Crippen molar-refractivity contribution in [1.82, 2.24) is 19.7 Å². The Kier molecular flexibility index (Phi) is 5.96. The molecule has 10 heteroatoms. The van der Waals surface area contributed by atoms with E-state index in [9.17, 15) is 14.7 Å². The molecule has 5 rings (SSSR count). The summed E-state index contributed by atoms with van der Waals surface area (Å²) in [6.07, 6.45) is 7.68. The Morgan fingerprint density at radius 1 is 1.17 bits per heavy atom. The van der Waals surface area contributed by atoms with Gasteiger partial charge in [-0.05, 0) is 57.0 Å². The van der Waals surface area contributed by atoms with Gasteiger partial charge in [-0.2, -0.15) is 5.10 Å². The molecule has 0 spiro atoms. The number of hydrogen-bond acceptors (Lipinski definition) is 6. The van der Waals surface area contributed by atoms with Crippen LogP contribution in [0.3, 0.4) is 0 Å². The summed E-state index contributed by atoms with van der Waals surface area (Å²) in [5.41, 5.74) is 7.66. The Morgan fingerprint density at radius 3 is 2.66 bits per heavy atom. The van der Waals surface area contributed by atoms with E-state index in [2.05, 4.69) is 10.1 Å². The van der Waals surface area contributed by atoms with E-state index in [1.807, 2.05) is 24.7 Å². The second-order valence-electron chi connectivity index (χ2n) is 9.45. The first-order valence-corrected chi connectivity index (χ1v) is 11.9. The van der Waals surface area contributed by atoms with E-state index < -0.39 is 12.0 Å². The summed E-state index contributed by atoms with van der Waals surface area (Å²) < 4.78 is 14.1. The van der Waals surface area contributed by atoms with Gasteiger partial charge in [-0.3, -0.25) is 9.48 Å². The summed E-state index contributed by atoms with van der Waals surface area (Å²) in [4.78, 5) is 29.7. The summed E-state index contributed by atoms with van der Waals surface area (Å²) in [6.45, 7) is 4.50. The third-order valence-corrected chi connectivity index (χ3v) is 6.34. The topological polar surface area (TPSA) is 133 Å². The molecule has 10 nitrogen and oxygen atoms in total. The fraction of sp³-hybridized carbons (Fsp3) is 0.440. The van der Waals surface area contributed by atoms with Gasteiger partial charge in [0.05, 0.1) is 30.5 Å². The van der Waals surface area contributed by atoms with Crippen LogP contribution in [0.1, 0.15) is 55.9 Å². The van der Waals surface area contributed by atoms with Gasteiger partial charge >= 0.3 is 6.09 Å². The third-order valence-electron chi connectivity index (χ3n) is 6.34. The predicted molar refractivity (Wildman–Crippen MR) is 129 cm³/mol. The molecule has 0 bridgehead atoms. The fourth-order valence-corrected chi connectivity index (χ4v) is 4.49. The number of carbonyl (C=O) groups excluding carboxylic acids is 1. The number of fused-ring (bicyclic) bond motifs is 1. The lowest BCUT2D eigenvalue weighted by Gasteiger charge is -2.31. The van der Waals surface area contributed by atoms with Gasteiger partial charge in [0.2, 0.25) is 5.88 Å². The van der Waals surface area contributed by atoms with Gasteiger partial charge in [0.25, 0.3) is 5.91 Å². The minimum absolute atomic E-state index is 0.176. The van der Waals surface area contributed by atoms with Gasteiger partial charge in [0, 0.05) is 35.5 Å². The van der Waals surface area contributed by atoms with Crippen LogP contribution in [0.5, 0.6) is 11.6 Å². The van der Waals surface area contributed by atoms with Crippen LogP contribution in [-0.2, 0) is 0 Å². The van der Waals surface area contributed by atoms with Crippen LogP contribution in [0.25, 0.3) is 21.9 Å². The monoisotopic (exact) mass is 479 g/mol. The molecule has 184 valence electrons. The maximum Gasteiger partial charge on any atom is 0.407 e. The highest BCUT2D eigenvalue weighted by Gasteiger charge is 2.27. The van der Waals surface area contributed by atoms with Gasteiger partial charge in [-0.25, -0.2) is 9.78 Å². The molecular formula is C25H29N5O5. The van der Waals surface area contributed by atoms with E-state index in [0.29, 0.717) is 36.0 Å². The number of nitrogens with two attached hydrogens (primary N) is 1. The largest absolute Gasteiger partial charge is 0.490 e. The van der Waals surface area contributed by atoms with Gasteiger partial charge in [-0.15, -0.1) is 0 Å². The normalized spacial score (nSPS) is 18.1. The average Bonchev–Trinajstić information content (AvgIpc) is 3.55. The van der Waals surface area contributed by atoms with E-state index in [1.165, 1.54) is 4.90 Å². The molecule has 2 aromatic heterocycles. The van der Waals surface area contributed by atoms with E-state index in [-0.39, 0.29) is 24.3 Å². The second-order valence-corrected chi connectivity index (χ2v) is 9.45. The van der Waals surface area contributed by atoms with Gasteiger partial charge in [0.1, 0.15) is 11.9 Å². The number of hydrogen-bond donors (Lipinski definition) is 2. The summed E-state index contributed by atoms with van der Waals surface area (Å²) in [6, 6.07) is 3.89. The smallest absolute Gasteiger partial charge is 0.407 e. The highest BCUT2D eigenvalue weighted by atomic mass is 16.5. The lowest BCUT2D eigenvalue weighted by molar-refractivity contribution is 0.0776. The Morgan fingerprint density at radius 2 is 1.97 bits per heavy atom. The zero-order chi connectivity index (χ0) is 24.7. The fourth-order valence-electron chi connectivity index (χ4n) is 4.49. The molecule has 3 N–H and O–H groups in total. The minimum atomic E-state index is -0.960. The number of primary amides is 1. The highest BCUT2D eigenvalue weighted by molar-refractivity contribution is 6.06. The number of benzene rings is 1. The highest BCUT2D eigenvalue weighted by Crippen LogP contribution is 2.40. The van der Waals surface area contributed by atoms with Crippen molar-refractivity contribution in [3.63, 3.8) is 0 Å². The molecule has 1 aliphatic carbocycles. The molecule has 2 fully saturated rings. The van der Waals surface area contributed by atoms with Crippen molar-refractivity contribution < 1.29 is 24.2 Å². The van der Waals surface area contributed by atoms with E-state index in [1.54, 1.807) is 24.5 Å². The van der Waals surface area contributed by atoms with Crippen molar-refractivity contribution in [2.24, 2.45) is 5.73 Å². The Balaban J connectivity index is 1.61. The maximum atomic E-state index is 12.3. The number of carbonyl (C=O) groups is 2. The van der Waals surface area contributed by atoms with Crippen molar-refractivity contribution in [2.45, 2.75) is 57.8 Å². The second kappa shape index (κ2) is 9.09. The lowest BCUT2D eigenvalue weighted by atomic mass is 9.99. The number of aromatic nitrogens is 3. The summed E-state index contributed by atoms with van der Waals surface area (Å²) in [7, 11) is 0. The van der Waals surface area contributed by atoms with Gasteiger partial charge in [0.15, 0.2) is 0 Å². The number of pyridine rings is 1. The molecule has 2 amide bonds. The molecule has 1 aromatic carbocycles. The summed E-state index contributed by atoms with van der Waals surface area (Å²) in [5, 5.41) is 15.3. The van der Waals surface area contributed by atoms with Crippen LogP contribution in [0, 0.1) is 0 Å². The Labute approximate surface area is 202 Å². The van der Waals surface area contributed by atoms with Crippen molar-refractivity contribution in [2.75, 3.05) is 13.1 Å². The average molecular weight is 480 g/mol. The van der Waals surface area contributed by atoms with Gasteiger partial charge in [-0.1, -0.05) is 0 Å². The van der Waals surface area contributed by atoms with Crippen LogP contribution < -0.4 is 15.2 Å². The number of likely N-dealkylation sites (tertiary alicyclic amines) is 1. The zero-order valence-electron chi connectivity index (χ0n) is 19.8. The van der Waals surface area contributed by atoms with Crippen LogP contribution in [-0.4, -0.2) is 62.1 Å². The first-order chi connectivity index (χ1) is 16.8. The van der Waals surface area contributed by atoms with Crippen LogP contribution in [0.2, 0.25) is 0 Å². The van der Waals surface area contributed by atoms with Crippen LogP contribution >= 0.6 is 0 Å². The first kappa shape index (κ1) is 22.9. The number of nitrogens with zero attached hydrogens (tertiary/aromatic N) is 4. The first-order valence-electron chi connectivity index (χ1n) is 11.9. The molecule has 3 aromatic rings. The van der Waals surface area contributed by atoms with Crippen LogP contribution in [0.15, 0.2) is 30.7 Å². The minimum Gasteiger partial charge on any atom is -0.490 e. The lowest BCUT2D eigenvalue weighted by Crippen LogP contribution is -2.43. The summed E-state index contributed by atoms with van der Waals surface area (Å²) >= 11 is 0. The third kappa shape index (κ3) is 4.73. The van der Waals surface area contributed by atoms with Crippen molar-refractivity contribution in [3.8, 4) is 22.8 Å².